The van der Waals surface area contributed by atoms with Crippen LogP contribution in [0.5, 0.6) is 11.5 Å². The van der Waals surface area contributed by atoms with Crippen LogP contribution in [0, 0.1) is 0 Å². The summed E-state index contributed by atoms with van der Waals surface area (Å²) in [6.07, 6.45) is 53.3. The minimum Gasteiger partial charge on any atom is -0.488 e. The van der Waals surface area contributed by atoms with E-state index in [1.807, 2.05) is 0 Å². The van der Waals surface area contributed by atoms with Crippen molar-refractivity contribution < 1.29 is 9.47 Å². The summed E-state index contributed by atoms with van der Waals surface area (Å²) in [6, 6.07) is 0. The standard InChI is InChI=1S/C42H73NO2/c1-4-7-9-11-13-15-17-19-21-23-25-27-29-31-33-35-37-44-41-39-43(6-3)40-42(41)45-38-36-34-32-30-28-26-24-22-20-18-16-14-12-10-8-5-2/h13-16,19-22,39-40H,4-12,17-18,23-38H2,1-3H3/b15-13-,16-14-,21-19-,22-20-. The number of hydrogen-bond donors (Lipinski definition) is 0. The van der Waals surface area contributed by atoms with Crippen molar-refractivity contribution in [3.05, 3.63) is 61.0 Å². The first-order chi connectivity index (χ1) is 22.3. The molecule has 0 radical (unpaired) electrons. The molecule has 1 aromatic rings. The van der Waals surface area contributed by atoms with E-state index in [2.05, 4.69) is 86.3 Å². The Labute approximate surface area is 280 Å². The molecule has 3 heteroatoms. The number of ether oxygens (including phenoxy) is 2. The molecule has 45 heavy (non-hydrogen) atoms. The predicted molar refractivity (Wildman–Crippen MR) is 200 cm³/mol. The van der Waals surface area contributed by atoms with Gasteiger partial charge in [0.2, 0.25) is 0 Å². The SMILES string of the molecule is CCCCC/C=C\C/C=C\CCCCCCCCOc1cn(CC)cc1OCCCCCCCC/C=C\C/C=C\CCCCC. The van der Waals surface area contributed by atoms with Crippen molar-refractivity contribution in [1.29, 1.82) is 0 Å². The van der Waals surface area contributed by atoms with Crippen LogP contribution in [-0.4, -0.2) is 17.8 Å². The van der Waals surface area contributed by atoms with Gasteiger partial charge in [-0.25, -0.2) is 0 Å². The Morgan fingerprint density at radius 3 is 1.11 bits per heavy atom. The Bertz CT molecular complexity index is 795. The lowest BCUT2D eigenvalue weighted by Gasteiger charge is -2.09. The van der Waals surface area contributed by atoms with Crippen LogP contribution in [0.1, 0.15) is 175 Å². The van der Waals surface area contributed by atoms with Crippen LogP contribution in [0.3, 0.4) is 0 Å². The lowest BCUT2D eigenvalue weighted by molar-refractivity contribution is 0.260. The average Bonchev–Trinajstić information content (AvgIpc) is 3.45. The van der Waals surface area contributed by atoms with Crippen molar-refractivity contribution in [2.24, 2.45) is 0 Å². The highest BCUT2D eigenvalue weighted by atomic mass is 16.5. The summed E-state index contributed by atoms with van der Waals surface area (Å²) in [5.74, 6) is 1.83. The van der Waals surface area contributed by atoms with Crippen LogP contribution < -0.4 is 9.47 Å². The van der Waals surface area contributed by atoms with Crippen LogP contribution in [0.4, 0.5) is 0 Å². The first kappa shape index (κ1) is 40.9. The van der Waals surface area contributed by atoms with Crippen molar-refractivity contribution in [3.63, 3.8) is 0 Å². The van der Waals surface area contributed by atoms with Gasteiger partial charge in [0.1, 0.15) is 0 Å². The van der Waals surface area contributed by atoms with Crippen molar-refractivity contribution in [2.45, 2.75) is 181 Å². The molecule has 0 spiro atoms. The van der Waals surface area contributed by atoms with Crippen molar-refractivity contribution in [1.82, 2.24) is 4.57 Å². The Kier molecular flexibility index (Phi) is 30.2. The molecule has 0 fully saturated rings. The fourth-order valence-electron chi connectivity index (χ4n) is 5.41. The molecule has 1 rings (SSSR count). The minimum absolute atomic E-state index is 0.781. The van der Waals surface area contributed by atoms with E-state index in [0.717, 1.165) is 56.9 Å². The summed E-state index contributed by atoms with van der Waals surface area (Å²) >= 11 is 0. The monoisotopic (exact) mass is 624 g/mol. The van der Waals surface area contributed by atoms with Gasteiger partial charge in [-0.3, -0.25) is 0 Å². The van der Waals surface area contributed by atoms with Gasteiger partial charge in [-0.1, -0.05) is 140 Å². The van der Waals surface area contributed by atoms with E-state index in [9.17, 15) is 0 Å². The molecule has 0 aliphatic carbocycles. The smallest absolute Gasteiger partial charge is 0.178 e. The maximum atomic E-state index is 6.15. The summed E-state index contributed by atoms with van der Waals surface area (Å²) in [6.45, 7) is 9.19. The van der Waals surface area contributed by atoms with E-state index in [1.54, 1.807) is 0 Å². The topological polar surface area (TPSA) is 23.4 Å². The van der Waals surface area contributed by atoms with E-state index in [1.165, 1.54) is 128 Å². The van der Waals surface area contributed by atoms with Gasteiger partial charge in [0.25, 0.3) is 0 Å². The third-order valence-corrected chi connectivity index (χ3v) is 8.38. The molecule has 3 nitrogen and oxygen atoms in total. The molecule has 258 valence electrons. The molecule has 0 saturated heterocycles. The molecule has 0 aliphatic rings. The maximum Gasteiger partial charge on any atom is 0.178 e. The molecule has 0 aromatic carbocycles. The van der Waals surface area contributed by atoms with Crippen LogP contribution >= 0.6 is 0 Å². The molecule has 0 aliphatic heterocycles. The van der Waals surface area contributed by atoms with E-state index in [-0.39, 0.29) is 0 Å². The summed E-state index contributed by atoms with van der Waals surface area (Å²) < 4.78 is 14.5. The van der Waals surface area contributed by atoms with E-state index >= 15 is 0 Å². The molecular formula is C42H73NO2. The number of rotatable bonds is 33. The predicted octanol–water partition coefficient (Wildman–Crippen LogP) is 13.9. The van der Waals surface area contributed by atoms with Crippen LogP contribution in [0.2, 0.25) is 0 Å². The first-order valence-electron chi connectivity index (χ1n) is 19.4. The number of aryl methyl sites for hydroxylation is 1. The molecule has 1 aromatic heterocycles. The first-order valence-corrected chi connectivity index (χ1v) is 19.4. The Morgan fingerprint density at radius 1 is 0.422 bits per heavy atom. The highest BCUT2D eigenvalue weighted by Crippen LogP contribution is 2.29. The summed E-state index contributed by atoms with van der Waals surface area (Å²) in [7, 11) is 0. The lowest BCUT2D eigenvalue weighted by Crippen LogP contribution is -2.01. The molecule has 0 unspecified atom stereocenters. The number of nitrogens with zero attached hydrogens (tertiary/aromatic N) is 1. The third kappa shape index (κ3) is 26.7. The number of aromatic nitrogens is 1. The van der Waals surface area contributed by atoms with E-state index < -0.39 is 0 Å². The lowest BCUT2D eigenvalue weighted by atomic mass is 10.1. The van der Waals surface area contributed by atoms with Gasteiger partial charge < -0.3 is 14.0 Å². The zero-order chi connectivity index (χ0) is 32.3. The van der Waals surface area contributed by atoms with E-state index in [0.29, 0.717) is 0 Å². The van der Waals surface area contributed by atoms with Crippen molar-refractivity contribution >= 4 is 0 Å². The minimum atomic E-state index is 0.781. The number of unbranched alkanes of at least 4 members (excludes halogenated alkanes) is 18. The zero-order valence-corrected chi connectivity index (χ0v) is 30.1. The van der Waals surface area contributed by atoms with Gasteiger partial charge in [0, 0.05) is 18.9 Å². The highest BCUT2D eigenvalue weighted by Gasteiger charge is 2.09. The molecule has 0 saturated carbocycles. The van der Waals surface area contributed by atoms with Gasteiger partial charge in [-0.05, 0) is 84.0 Å². The van der Waals surface area contributed by atoms with Gasteiger partial charge >= 0.3 is 0 Å². The van der Waals surface area contributed by atoms with Crippen molar-refractivity contribution in [3.8, 4) is 11.5 Å². The Morgan fingerprint density at radius 2 is 0.756 bits per heavy atom. The Hall–Kier alpha value is -2.16. The van der Waals surface area contributed by atoms with Crippen molar-refractivity contribution in [2.75, 3.05) is 13.2 Å². The average molecular weight is 624 g/mol. The zero-order valence-electron chi connectivity index (χ0n) is 30.1. The summed E-state index contributed by atoms with van der Waals surface area (Å²) in [5.41, 5.74) is 0. The normalized spacial score (nSPS) is 12.2. The molecule has 0 N–H and O–H groups in total. The molecule has 0 atom stereocenters. The molecule has 0 bridgehead atoms. The van der Waals surface area contributed by atoms with Crippen LogP contribution in [-0.2, 0) is 6.54 Å². The second kappa shape index (κ2) is 33.2. The quantitative estimate of drug-likeness (QED) is 0.0574. The largest absolute Gasteiger partial charge is 0.488 e. The number of hydrogen-bond acceptors (Lipinski definition) is 2. The third-order valence-electron chi connectivity index (χ3n) is 8.38. The van der Waals surface area contributed by atoms with Crippen LogP contribution in [0.25, 0.3) is 0 Å². The fraction of sp³-hybridized carbons (Fsp3) is 0.714. The van der Waals surface area contributed by atoms with Gasteiger partial charge in [0.05, 0.1) is 13.2 Å². The second-order valence-corrected chi connectivity index (χ2v) is 12.7. The summed E-state index contributed by atoms with van der Waals surface area (Å²) in [5, 5.41) is 0. The molecule has 0 amide bonds. The fourth-order valence-corrected chi connectivity index (χ4v) is 5.41. The number of allylic oxidation sites excluding steroid dienone is 8. The van der Waals surface area contributed by atoms with Crippen LogP contribution in [0.15, 0.2) is 61.0 Å². The van der Waals surface area contributed by atoms with E-state index in [4.69, 9.17) is 9.47 Å². The van der Waals surface area contributed by atoms with Gasteiger partial charge in [-0.2, -0.15) is 0 Å². The van der Waals surface area contributed by atoms with Gasteiger partial charge in [0.15, 0.2) is 11.5 Å². The second-order valence-electron chi connectivity index (χ2n) is 12.7. The van der Waals surface area contributed by atoms with Gasteiger partial charge in [-0.15, -0.1) is 0 Å². The Balaban J connectivity index is 2.00. The highest BCUT2D eigenvalue weighted by molar-refractivity contribution is 5.37. The molecule has 1 heterocycles. The summed E-state index contributed by atoms with van der Waals surface area (Å²) in [4.78, 5) is 0. The maximum absolute atomic E-state index is 6.15. The molecular weight excluding hydrogens is 550 g/mol.